The number of hydrogen-bond acceptors (Lipinski definition) is 0. The second-order valence-corrected chi connectivity index (χ2v) is 15.7. The van der Waals surface area contributed by atoms with Crippen LogP contribution < -0.4 is 0 Å². The van der Waals surface area contributed by atoms with Crippen molar-refractivity contribution >= 4 is 7.26 Å². The molecule has 0 saturated heterocycles. The number of hydrogen-bond donors (Lipinski definition) is 0. The molecule has 0 amide bonds. The van der Waals surface area contributed by atoms with E-state index in [9.17, 15) is 0 Å². The molecule has 188 valence electrons. The van der Waals surface area contributed by atoms with Crippen LogP contribution in [0.2, 0.25) is 0 Å². The molecule has 0 saturated carbocycles. The predicted molar refractivity (Wildman–Crippen MR) is 152 cm³/mol. The molecule has 0 radical (unpaired) electrons. The van der Waals surface area contributed by atoms with E-state index in [1.54, 1.807) is 18.5 Å². The molecule has 0 nitrogen and oxygen atoms in total. The van der Waals surface area contributed by atoms with Crippen molar-refractivity contribution < 1.29 is 0 Å². The van der Waals surface area contributed by atoms with Crippen molar-refractivity contribution in [1.29, 1.82) is 0 Å². The van der Waals surface area contributed by atoms with Gasteiger partial charge in [0.2, 0.25) is 0 Å². The van der Waals surface area contributed by atoms with Crippen LogP contribution in [0, 0.1) is 0 Å². The van der Waals surface area contributed by atoms with Crippen LogP contribution >= 0.6 is 7.26 Å². The van der Waals surface area contributed by atoms with Crippen molar-refractivity contribution in [3.63, 3.8) is 0 Å². The van der Waals surface area contributed by atoms with Gasteiger partial charge in [-0.15, -0.1) is 0 Å². The van der Waals surface area contributed by atoms with Gasteiger partial charge in [0.1, 0.15) is 0 Å². The van der Waals surface area contributed by atoms with E-state index in [0.717, 1.165) is 0 Å². The second-order valence-electron chi connectivity index (χ2n) is 10.9. The molecule has 0 heterocycles. The first kappa shape index (κ1) is 31.2. The molecule has 0 atom stereocenters. The summed E-state index contributed by atoms with van der Waals surface area (Å²) in [6.07, 6.45) is 35.4. The van der Waals surface area contributed by atoms with Gasteiger partial charge in [0, 0.05) is 0 Å². The Morgan fingerprint density at radius 1 is 0.452 bits per heavy atom. The summed E-state index contributed by atoms with van der Waals surface area (Å²) in [5, 5.41) is 0. The standard InChI is InChI=1S/C30H63P/c1-6-9-12-13-14-15-16-17-18-19-20-21-22-23-24-25-28-31(26-10-7-2,27-11-8-3)29-30(4)5/h31H,4,6-29H2,1-3,5H3. The molecule has 0 rings (SSSR count). The topological polar surface area (TPSA) is 0 Å². The van der Waals surface area contributed by atoms with E-state index >= 15 is 0 Å². The molecule has 0 aromatic heterocycles. The van der Waals surface area contributed by atoms with Crippen LogP contribution in [0.4, 0.5) is 0 Å². The molecular weight excluding hydrogens is 391 g/mol. The third kappa shape index (κ3) is 20.5. The van der Waals surface area contributed by atoms with Crippen molar-refractivity contribution in [2.45, 2.75) is 156 Å². The molecule has 0 aliphatic heterocycles. The smallest absolute Gasteiger partial charge is 0.0654 e. The first-order valence-corrected chi connectivity index (χ1v) is 17.6. The minimum Gasteiger partial charge on any atom is -0.0654 e. The molecule has 0 aliphatic rings. The minimum absolute atomic E-state index is 1.11. The summed E-state index contributed by atoms with van der Waals surface area (Å²) in [5.74, 6) is 0. The Bertz CT molecular complexity index is 365. The van der Waals surface area contributed by atoms with Crippen molar-refractivity contribution in [2.75, 3.05) is 24.6 Å². The Labute approximate surface area is 200 Å². The van der Waals surface area contributed by atoms with Crippen LogP contribution in [0.3, 0.4) is 0 Å². The normalized spacial score (nSPS) is 12.4. The summed E-state index contributed by atoms with van der Waals surface area (Å²) < 4.78 is 0. The average molecular weight is 455 g/mol. The van der Waals surface area contributed by atoms with Gasteiger partial charge in [0.25, 0.3) is 0 Å². The molecule has 0 bridgehead atoms. The van der Waals surface area contributed by atoms with Gasteiger partial charge in [0.15, 0.2) is 0 Å². The maximum absolute atomic E-state index is 4.32. The van der Waals surface area contributed by atoms with Crippen molar-refractivity contribution in [3.8, 4) is 0 Å². The molecule has 1 heteroatoms. The van der Waals surface area contributed by atoms with Gasteiger partial charge in [0.05, 0.1) is 0 Å². The molecule has 0 aliphatic carbocycles. The van der Waals surface area contributed by atoms with E-state index in [1.807, 2.05) is 0 Å². The zero-order valence-corrected chi connectivity index (χ0v) is 23.7. The summed E-state index contributed by atoms with van der Waals surface area (Å²) >= 11 is 0. The van der Waals surface area contributed by atoms with Gasteiger partial charge in [-0.25, -0.2) is 0 Å². The Kier molecular flexibility index (Phi) is 23.5. The van der Waals surface area contributed by atoms with Gasteiger partial charge in [-0.05, 0) is 0 Å². The summed E-state index contributed by atoms with van der Waals surface area (Å²) in [4.78, 5) is 0. The van der Waals surface area contributed by atoms with Crippen LogP contribution in [-0.4, -0.2) is 24.6 Å². The van der Waals surface area contributed by atoms with Crippen molar-refractivity contribution in [1.82, 2.24) is 0 Å². The number of unbranched alkanes of at least 4 members (excludes halogenated alkanes) is 17. The summed E-state index contributed by atoms with van der Waals surface area (Å²) in [5.41, 5.74) is 1.47. The van der Waals surface area contributed by atoms with Crippen LogP contribution in [0.1, 0.15) is 156 Å². The molecular formula is C30H63P. The summed E-state index contributed by atoms with van der Waals surface area (Å²) in [6, 6.07) is 0. The fourth-order valence-electron chi connectivity index (χ4n) is 5.43. The third-order valence-corrected chi connectivity index (χ3v) is 13.0. The van der Waals surface area contributed by atoms with Gasteiger partial charge < -0.3 is 0 Å². The van der Waals surface area contributed by atoms with Crippen LogP contribution in [0.15, 0.2) is 12.2 Å². The molecule has 31 heavy (non-hydrogen) atoms. The Balaban J connectivity index is 3.74. The van der Waals surface area contributed by atoms with E-state index in [-0.39, 0.29) is 0 Å². The fourth-order valence-corrected chi connectivity index (χ4v) is 11.2. The zero-order chi connectivity index (χ0) is 23.0. The van der Waals surface area contributed by atoms with E-state index < -0.39 is 7.26 Å². The van der Waals surface area contributed by atoms with Crippen LogP contribution in [-0.2, 0) is 0 Å². The van der Waals surface area contributed by atoms with E-state index in [2.05, 4.69) is 34.3 Å². The molecule has 0 aromatic rings. The van der Waals surface area contributed by atoms with Crippen molar-refractivity contribution in [2.24, 2.45) is 0 Å². The SMILES string of the molecule is C=C(C)C[PH](CCCC)(CCCC)CCCCCCCCCCCCCCCCCC. The van der Waals surface area contributed by atoms with Crippen LogP contribution in [0.25, 0.3) is 0 Å². The maximum atomic E-state index is 4.32. The number of rotatable bonds is 25. The molecule has 0 fully saturated rings. The van der Waals surface area contributed by atoms with Crippen molar-refractivity contribution in [3.05, 3.63) is 12.2 Å². The van der Waals surface area contributed by atoms with E-state index in [0.29, 0.717) is 0 Å². The molecule has 0 unspecified atom stereocenters. The Morgan fingerprint density at radius 2 is 0.742 bits per heavy atom. The predicted octanol–water partition coefficient (Wildman–Crippen LogP) is 11.2. The monoisotopic (exact) mass is 454 g/mol. The van der Waals surface area contributed by atoms with E-state index in [4.69, 9.17) is 0 Å². The Hall–Kier alpha value is 0.170. The molecule has 0 spiro atoms. The number of allylic oxidation sites excluding steroid dienone is 1. The minimum atomic E-state index is -1.11. The Morgan fingerprint density at radius 3 is 1.06 bits per heavy atom. The zero-order valence-electron chi connectivity index (χ0n) is 22.7. The van der Waals surface area contributed by atoms with Gasteiger partial charge in [-0.1, -0.05) is 39.0 Å². The first-order valence-electron chi connectivity index (χ1n) is 14.7. The quantitative estimate of drug-likeness (QED) is 0.0730. The van der Waals surface area contributed by atoms with Gasteiger partial charge >= 0.3 is 161 Å². The summed E-state index contributed by atoms with van der Waals surface area (Å²) in [7, 11) is -1.11. The molecule has 0 N–H and O–H groups in total. The fraction of sp³-hybridized carbons (Fsp3) is 0.933. The first-order chi connectivity index (χ1) is 15.1. The van der Waals surface area contributed by atoms with Gasteiger partial charge in [-0.3, -0.25) is 0 Å². The van der Waals surface area contributed by atoms with Crippen LogP contribution in [0.5, 0.6) is 0 Å². The average Bonchev–Trinajstić information content (AvgIpc) is 2.75. The summed E-state index contributed by atoms with van der Waals surface area (Å²) in [6.45, 7) is 13.6. The van der Waals surface area contributed by atoms with E-state index in [1.165, 1.54) is 140 Å². The van der Waals surface area contributed by atoms with Gasteiger partial charge in [-0.2, -0.15) is 0 Å². The third-order valence-electron chi connectivity index (χ3n) is 7.36. The molecule has 0 aromatic carbocycles. The second kappa shape index (κ2) is 23.3.